The lowest BCUT2D eigenvalue weighted by Gasteiger charge is -2.20. The largest absolute Gasteiger partial charge is 0.493 e. The Labute approximate surface area is 138 Å². The van der Waals surface area contributed by atoms with Gasteiger partial charge in [0.2, 0.25) is 0 Å². The van der Waals surface area contributed by atoms with E-state index < -0.39 is 5.97 Å². The molecule has 5 heteroatoms. The Hall–Kier alpha value is -1.75. The molecule has 1 unspecified atom stereocenters. The van der Waals surface area contributed by atoms with E-state index in [0.29, 0.717) is 37.1 Å². The standard InChI is InChI=1S/C18H28O5/c1-13(2)15(12-18(19)20)10-14-6-7-16(22-4)17(11-14)23-9-5-8-21-3/h6-7,11,13,15H,5,8-10,12H2,1-4H3,(H,19,20). The highest BCUT2D eigenvalue weighted by Crippen LogP contribution is 2.30. The second kappa shape index (κ2) is 10.1. The minimum Gasteiger partial charge on any atom is -0.493 e. The van der Waals surface area contributed by atoms with Crippen LogP contribution in [0.2, 0.25) is 0 Å². The first-order valence-electron chi connectivity index (χ1n) is 7.98. The van der Waals surface area contributed by atoms with Crippen molar-refractivity contribution in [3.63, 3.8) is 0 Å². The highest BCUT2D eigenvalue weighted by atomic mass is 16.5. The molecule has 1 aromatic carbocycles. The zero-order valence-corrected chi connectivity index (χ0v) is 14.5. The third kappa shape index (κ3) is 6.91. The molecule has 23 heavy (non-hydrogen) atoms. The molecule has 0 aliphatic rings. The predicted molar refractivity (Wildman–Crippen MR) is 89.3 cm³/mol. The number of aliphatic carboxylic acids is 1. The summed E-state index contributed by atoms with van der Waals surface area (Å²) in [6, 6.07) is 5.79. The number of benzene rings is 1. The molecule has 0 aromatic heterocycles. The van der Waals surface area contributed by atoms with Crippen molar-refractivity contribution in [3.8, 4) is 11.5 Å². The molecule has 0 saturated heterocycles. The normalized spacial score (nSPS) is 12.2. The number of ether oxygens (including phenoxy) is 3. The fraction of sp³-hybridized carbons (Fsp3) is 0.611. The Balaban J connectivity index is 2.80. The first-order chi connectivity index (χ1) is 11.0. The Morgan fingerprint density at radius 1 is 1.17 bits per heavy atom. The summed E-state index contributed by atoms with van der Waals surface area (Å²) < 4.78 is 16.1. The summed E-state index contributed by atoms with van der Waals surface area (Å²) in [4.78, 5) is 11.0. The van der Waals surface area contributed by atoms with Gasteiger partial charge in [-0.05, 0) is 36.0 Å². The van der Waals surface area contributed by atoms with Crippen molar-refractivity contribution in [2.75, 3.05) is 27.4 Å². The first-order valence-corrected chi connectivity index (χ1v) is 7.98. The van der Waals surface area contributed by atoms with E-state index in [0.717, 1.165) is 12.0 Å². The SMILES string of the molecule is COCCCOc1cc(CC(CC(=O)O)C(C)C)ccc1OC. The molecule has 0 spiro atoms. The van der Waals surface area contributed by atoms with Gasteiger partial charge in [-0.3, -0.25) is 4.79 Å². The molecule has 1 atom stereocenters. The Kier molecular flexibility index (Phi) is 8.48. The molecule has 0 radical (unpaired) electrons. The maximum atomic E-state index is 11.0. The summed E-state index contributed by atoms with van der Waals surface area (Å²) in [7, 11) is 3.27. The predicted octanol–water partition coefficient (Wildman–Crippen LogP) is 3.40. The van der Waals surface area contributed by atoms with Gasteiger partial charge in [0.05, 0.1) is 13.7 Å². The molecule has 0 aliphatic carbocycles. The lowest BCUT2D eigenvalue weighted by atomic mass is 9.86. The van der Waals surface area contributed by atoms with Crippen molar-refractivity contribution in [2.45, 2.75) is 33.1 Å². The van der Waals surface area contributed by atoms with Crippen molar-refractivity contribution in [1.29, 1.82) is 0 Å². The second-order valence-electron chi connectivity index (χ2n) is 5.99. The number of methoxy groups -OCH3 is 2. The van der Waals surface area contributed by atoms with Crippen LogP contribution in [-0.2, 0) is 16.0 Å². The number of carboxylic acids is 1. The summed E-state index contributed by atoms with van der Waals surface area (Å²) in [6.07, 6.45) is 1.69. The van der Waals surface area contributed by atoms with Crippen LogP contribution in [0.1, 0.15) is 32.3 Å². The minimum atomic E-state index is -0.756. The maximum absolute atomic E-state index is 11.0. The van der Waals surface area contributed by atoms with Gasteiger partial charge in [-0.1, -0.05) is 19.9 Å². The van der Waals surface area contributed by atoms with E-state index in [9.17, 15) is 4.79 Å². The lowest BCUT2D eigenvalue weighted by Crippen LogP contribution is -2.16. The molecular formula is C18H28O5. The van der Waals surface area contributed by atoms with Gasteiger partial charge in [0, 0.05) is 26.6 Å². The van der Waals surface area contributed by atoms with E-state index in [-0.39, 0.29) is 12.3 Å². The van der Waals surface area contributed by atoms with Crippen molar-refractivity contribution >= 4 is 5.97 Å². The van der Waals surface area contributed by atoms with Gasteiger partial charge in [0.25, 0.3) is 0 Å². The zero-order chi connectivity index (χ0) is 17.2. The van der Waals surface area contributed by atoms with E-state index in [4.69, 9.17) is 19.3 Å². The lowest BCUT2D eigenvalue weighted by molar-refractivity contribution is -0.138. The Bertz CT molecular complexity index is 484. The summed E-state index contributed by atoms with van der Waals surface area (Å²) >= 11 is 0. The van der Waals surface area contributed by atoms with E-state index in [1.54, 1.807) is 14.2 Å². The summed E-state index contributed by atoms with van der Waals surface area (Å²) in [5.41, 5.74) is 1.06. The quantitative estimate of drug-likeness (QED) is 0.632. The van der Waals surface area contributed by atoms with Crippen molar-refractivity contribution in [1.82, 2.24) is 0 Å². The maximum Gasteiger partial charge on any atom is 0.303 e. The van der Waals surface area contributed by atoms with E-state index in [2.05, 4.69) is 13.8 Å². The van der Waals surface area contributed by atoms with Crippen molar-refractivity contribution in [2.24, 2.45) is 11.8 Å². The van der Waals surface area contributed by atoms with Gasteiger partial charge in [0.15, 0.2) is 11.5 Å². The van der Waals surface area contributed by atoms with Crippen LogP contribution in [0, 0.1) is 11.8 Å². The van der Waals surface area contributed by atoms with Gasteiger partial charge in [-0.2, -0.15) is 0 Å². The Morgan fingerprint density at radius 2 is 1.91 bits per heavy atom. The topological polar surface area (TPSA) is 65.0 Å². The molecule has 5 nitrogen and oxygen atoms in total. The van der Waals surface area contributed by atoms with Gasteiger partial charge < -0.3 is 19.3 Å². The van der Waals surface area contributed by atoms with Crippen molar-refractivity contribution < 1.29 is 24.1 Å². The van der Waals surface area contributed by atoms with Gasteiger partial charge >= 0.3 is 5.97 Å². The molecule has 0 bridgehead atoms. The molecule has 0 heterocycles. The van der Waals surface area contributed by atoms with Crippen LogP contribution in [0.3, 0.4) is 0 Å². The van der Waals surface area contributed by atoms with E-state index >= 15 is 0 Å². The number of hydrogen-bond donors (Lipinski definition) is 1. The second-order valence-corrected chi connectivity index (χ2v) is 5.99. The molecule has 0 aliphatic heterocycles. The van der Waals surface area contributed by atoms with Crippen LogP contribution in [0.15, 0.2) is 18.2 Å². The van der Waals surface area contributed by atoms with Gasteiger partial charge in [-0.15, -0.1) is 0 Å². The highest BCUT2D eigenvalue weighted by Gasteiger charge is 2.18. The van der Waals surface area contributed by atoms with Crippen LogP contribution in [-0.4, -0.2) is 38.5 Å². The number of rotatable bonds is 11. The van der Waals surface area contributed by atoms with Gasteiger partial charge in [-0.25, -0.2) is 0 Å². The average molecular weight is 324 g/mol. The number of hydrogen-bond acceptors (Lipinski definition) is 4. The monoisotopic (exact) mass is 324 g/mol. The van der Waals surface area contributed by atoms with Crippen LogP contribution >= 0.6 is 0 Å². The summed E-state index contributed by atoms with van der Waals surface area (Å²) in [6.45, 7) is 5.31. The van der Waals surface area contributed by atoms with Crippen LogP contribution in [0.5, 0.6) is 11.5 Å². The van der Waals surface area contributed by atoms with Crippen LogP contribution in [0.25, 0.3) is 0 Å². The van der Waals surface area contributed by atoms with Crippen LogP contribution in [0.4, 0.5) is 0 Å². The third-order valence-corrected chi connectivity index (χ3v) is 3.86. The molecule has 1 N–H and O–H groups in total. The van der Waals surface area contributed by atoms with Crippen molar-refractivity contribution in [3.05, 3.63) is 23.8 Å². The molecule has 0 saturated carbocycles. The van der Waals surface area contributed by atoms with E-state index in [1.165, 1.54) is 0 Å². The summed E-state index contributed by atoms with van der Waals surface area (Å²) in [5.74, 6) is 1.03. The molecule has 0 amide bonds. The fourth-order valence-electron chi connectivity index (χ4n) is 2.42. The number of carboxylic acid groups (broad SMARTS) is 1. The van der Waals surface area contributed by atoms with Gasteiger partial charge in [0.1, 0.15) is 0 Å². The zero-order valence-electron chi connectivity index (χ0n) is 14.5. The smallest absolute Gasteiger partial charge is 0.303 e. The fourth-order valence-corrected chi connectivity index (χ4v) is 2.42. The highest BCUT2D eigenvalue weighted by molar-refractivity contribution is 5.67. The molecule has 0 fully saturated rings. The molecule has 1 aromatic rings. The number of carbonyl (C=O) groups is 1. The summed E-state index contributed by atoms with van der Waals surface area (Å²) in [5, 5.41) is 9.06. The minimum absolute atomic E-state index is 0.0993. The molecular weight excluding hydrogens is 296 g/mol. The first kappa shape index (κ1) is 19.3. The third-order valence-electron chi connectivity index (χ3n) is 3.86. The average Bonchev–Trinajstić information content (AvgIpc) is 2.50. The van der Waals surface area contributed by atoms with Crippen LogP contribution < -0.4 is 9.47 Å². The Morgan fingerprint density at radius 3 is 2.48 bits per heavy atom. The molecule has 130 valence electrons. The van der Waals surface area contributed by atoms with E-state index in [1.807, 2.05) is 18.2 Å². The molecule has 1 rings (SSSR count).